The van der Waals surface area contributed by atoms with Crippen molar-refractivity contribution >= 4 is 70.1 Å². The van der Waals surface area contributed by atoms with Crippen molar-refractivity contribution in [3.63, 3.8) is 0 Å². The molecule has 6 aromatic carbocycles. The lowest BCUT2D eigenvalue weighted by Crippen LogP contribution is -2.37. The van der Waals surface area contributed by atoms with Crippen molar-refractivity contribution in [3.05, 3.63) is 132 Å². The average molecular weight is 765 g/mol. The lowest BCUT2D eigenvalue weighted by molar-refractivity contribution is -0.138. The molecule has 8 rings (SSSR count). The molecule has 0 aliphatic carbocycles. The van der Waals surface area contributed by atoms with E-state index in [1.54, 1.807) is 21.3 Å². The molecular formula is C44H38F6N2Si2. The predicted octanol–water partition coefficient (Wildman–Crippen LogP) is 12.7. The Balaban J connectivity index is 1.41. The van der Waals surface area contributed by atoms with Gasteiger partial charge in [-0.05, 0) is 71.8 Å². The van der Waals surface area contributed by atoms with Crippen molar-refractivity contribution in [2.45, 2.75) is 51.6 Å². The Morgan fingerprint density at radius 1 is 0.389 bits per heavy atom. The summed E-state index contributed by atoms with van der Waals surface area (Å²) in [6, 6.07) is 34.5. The highest BCUT2D eigenvalue weighted by atomic mass is 28.3. The van der Waals surface area contributed by atoms with Crippen LogP contribution in [0.5, 0.6) is 0 Å². The van der Waals surface area contributed by atoms with Crippen molar-refractivity contribution in [2.24, 2.45) is 0 Å². The fraction of sp³-hybridized carbons (Fsp3) is 0.182. The fourth-order valence-electron chi connectivity index (χ4n) is 7.58. The minimum absolute atomic E-state index is 0.0265. The summed E-state index contributed by atoms with van der Waals surface area (Å²) in [4.78, 5) is 0. The summed E-state index contributed by atoms with van der Waals surface area (Å²) in [6.45, 7) is 13.4. The third kappa shape index (κ3) is 6.15. The Morgan fingerprint density at radius 3 is 1.09 bits per heavy atom. The van der Waals surface area contributed by atoms with Gasteiger partial charge >= 0.3 is 12.4 Å². The maximum Gasteiger partial charge on any atom is 0.416 e. The van der Waals surface area contributed by atoms with Crippen molar-refractivity contribution < 1.29 is 26.3 Å². The molecule has 0 fully saturated rings. The predicted molar refractivity (Wildman–Crippen MR) is 217 cm³/mol. The van der Waals surface area contributed by atoms with E-state index in [-0.39, 0.29) is 22.5 Å². The quantitative estimate of drug-likeness (QED) is 0.122. The Morgan fingerprint density at radius 2 is 0.741 bits per heavy atom. The summed E-state index contributed by atoms with van der Waals surface area (Å²) < 4.78 is 92.2. The van der Waals surface area contributed by atoms with E-state index in [1.807, 2.05) is 72.8 Å². The van der Waals surface area contributed by atoms with Crippen LogP contribution in [-0.4, -0.2) is 25.3 Å². The topological polar surface area (TPSA) is 9.86 Å². The molecule has 0 bridgehead atoms. The second-order valence-electron chi connectivity index (χ2n) is 16.2. The normalized spacial score (nSPS) is 13.2. The van der Waals surface area contributed by atoms with Crippen LogP contribution in [-0.2, 0) is 12.4 Å². The Kier molecular flexibility index (Phi) is 8.14. The molecule has 0 unspecified atom stereocenters. The molecule has 2 nitrogen and oxygen atoms in total. The van der Waals surface area contributed by atoms with Gasteiger partial charge in [0.05, 0.1) is 49.3 Å². The van der Waals surface area contributed by atoms with Gasteiger partial charge in [-0.25, -0.2) is 0 Å². The molecule has 10 heteroatoms. The second-order valence-corrected chi connectivity index (χ2v) is 26.4. The number of para-hydroxylation sites is 2. The first-order chi connectivity index (χ1) is 25.3. The van der Waals surface area contributed by atoms with Gasteiger partial charge in [-0.15, -0.1) is 0 Å². The lowest BCUT2D eigenvalue weighted by atomic mass is 9.98. The van der Waals surface area contributed by atoms with Gasteiger partial charge < -0.3 is 9.13 Å². The number of hydrogen-bond acceptors (Lipinski definition) is 0. The summed E-state index contributed by atoms with van der Waals surface area (Å²) in [7, 11) is -3.48. The van der Waals surface area contributed by atoms with Crippen LogP contribution >= 0.6 is 0 Å². The SMILES string of the molecule is C[Si](C)(C)c1ccc2c(c1)c1ccccc1n2-c1cc(-c2cc(-n3c4ccccc4c4cc([Si](C)(C)C)ccc43)cc(C(F)(F)F)c2)cc(C(F)(F)F)c1. The maximum atomic E-state index is 14.8. The number of rotatable bonds is 5. The molecule has 0 amide bonds. The van der Waals surface area contributed by atoms with E-state index in [9.17, 15) is 26.3 Å². The van der Waals surface area contributed by atoms with Crippen molar-refractivity contribution in [1.29, 1.82) is 0 Å². The largest absolute Gasteiger partial charge is 0.416 e. The molecule has 0 saturated carbocycles. The third-order valence-electron chi connectivity index (χ3n) is 10.4. The first kappa shape index (κ1) is 35.9. The number of hydrogen-bond donors (Lipinski definition) is 0. The first-order valence-corrected chi connectivity index (χ1v) is 24.8. The van der Waals surface area contributed by atoms with Crippen LogP contribution in [0.4, 0.5) is 26.3 Å². The molecule has 0 aliphatic heterocycles. The summed E-state index contributed by atoms with van der Waals surface area (Å²) in [5, 5.41) is 6.01. The van der Waals surface area contributed by atoms with Gasteiger partial charge in [-0.1, -0.05) is 110 Å². The first-order valence-electron chi connectivity index (χ1n) is 17.8. The highest BCUT2D eigenvalue weighted by Crippen LogP contribution is 2.41. The molecular weight excluding hydrogens is 727 g/mol. The van der Waals surface area contributed by atoms with Crippen LogP contribution in [0.25, 0.3) is 66.1 Å². The molecule has 8 aromatic rings. The molecule has 0 atom stereocenters. The minimum Gasteiger partial charge on any atom is -0.309 e. The monoisotopic (exact) mass is 764 g/mol. The second kappa shape index (κ2) is 12.2. The maximum absolute atomic E-state index is 14.8. The summed E-state index contributed by atoms with van der Waals surface area (Å²) in [5.74, 6) is 0. The zero-order valence-electron chi connectivity index (χ0n) is 30.7. The standard InChI is InChI=1S/C44H38F6N2Si2/c1-53(2,3)33-15-17-41-37(25-33)35-11-7-9-13-39(35)51(41)31-21-27(19-29(23-31)43(45,46)47)28-20-30(44(48,49)50)24-32(22-28)52-40-14-10-8-12-36(40)38-26-34(54(4,5)6)16-18-42(38)52/h7-26H,1-6H3. The Bertz CT molecular complexity index is 2580. The van der Waals surface area contributed by atoms with E-state index in [1.165, 1.54) is 10.4 Å². The van der Waals surface area contributed by atoms with E-state index in [4.69, 9.17) is 0 Å². The van der Waals surface area contributed by atoms with E-state index in [0.29, 0.717) is 11.0 Å². The van der Waals surface area contributed by atoms with E-state index in [0.717, 1.165) is 56.8 Å². The summed E-state index contributed by atoms with van der Waals surface area (Å²) >= 11 is 0. The molecule has 0 radical (unpaired) electrons. The third-order valence-corrected chi connectivity index (χ3v) is 14.5. The number of halogens is 6. The number of aromatic nitrogens is 2. The molecule has 2 heterocycles. The molecule has 2 aromatic heterocycles. The van der Waals surface area contributed by atoms with E-state index >= 15 is 0 Å². The molecule has 54 heavy (non-hydrogen) atoms. The Labute approximate surface area is 311 Å². The van der Waals surface area contributed by atoms with E-state index in [2.05, 4.69) is 51.4 Å². The van der Waals surface area contributed by atoms with Crippen LogP contribution < -0.4 is 10.4 Å². The zero-order valence-corrected chi connectivity index (χ0v) is 32.7. The van der Waals surface area contributed by atoms with Crippen LogP contribution in [0.3, 0.4) is 0 Å². The molecule has 274 valence electrons. The van der Waals surface area contributed by atoms with Crippen molar-refractivity contribution in [2.75, 3.05) is 0 Å². The van der Waals surface area contributed by atoms with Gasteiger partial charge in [0.2, 0.25) is 0 Å². The van der Waals surface area contributed by atoms with Crippen LogP contribution in [0.2, 0.25) is 39.3 Å². The van der Waals surface area contributed by atoms with Gasteiger partial charge in [0.15, 0.2) is 0 Å². The van der Waals surface area contributed by atoms with Gasteiger partial charge in [0, 0.05) is 32.9 Å². The number of fused-ring (bicyclic) bond motifs is 6. The number of benzene rings is 6. The van der Waals surface area contributed by atoms with Crippen LogP contribution in [0.15, 0.2) is 121 Å². The fourth-order valence-corrected chi connectivity index (χ4v) is 9.90. The lowest BCUT2D eigenvalue weighted by Gasteiger charge is -2.19. The molecule has 0 saturated heterocycles. The van der Waals surface area contributed by atoms with Gasteiger partial charge in [0.25, 0.3) is 0 Å². The van der Waals surface area contributed by atoms with Crippen LogP contribution in [0, 0.1) is 0 Å². The van der Waals surface area contributed by atoms with E-state index < -0.39 is 39.6 Å². The highest BCUT2D eigenvalue weighted by molar-refractivity contribution is 6.89. The molecule has 0 aliphatic rings. The minimum atomic E-state index is -4.76. The average Bonchev–Trinajstić information content (AvgIpc) is 3.62. The number of alkyl halides is 6. The van der Waals surface area contributed by atoms with Crippen LogP contribution in [0.1, 0.15) is 11.1 Å². The Hall–Kier alpha value is -5.07. The molecule has 0 N–H and O–H groups in total. The van der Waals surface area contributed by atoms with Gasteiger partial charge in [-0.2, -0.15) is 26.3 Å². The zero-order chi connectivity index (χ0) is 38.5. The van der Waals surface area contributed by atoms with Crippen molar-refractivity contribution in [1.82, 2.24) is 9.13 Å². The van der Waals surface area contributed by atoms with Crippen molar-refractivity contribution in [3.8, 4) is 22.5 Å². The smallest absolute Gasteiger partial charge is 0.309 e. The summed E-state index contributed by atoms with van der Waals surface area (Å²) in [6.07, 6.45) is -9.53. The van der Waals surface area contributed by atoms with Gasteiger partial charge in [0.1, 0.15) is 0 Å². The highest BCUT2D eigenvalue weighted by Gasteiger charge is 2.34. The molecule has 0 spiro atoms. The summed E-state index contributed by atoms with van der Waals surface area (Å²) in [5.41, 5.74) is 1.42. The number of nitrogens with zero attached hydrogens (tertiary/aromatic N) is 2. The van der Waals surface area contributed by atoms with Gasteiger partial charge in [-0.3, -0.25) is 0 Å².